The van der Waals surface area contributed by atoms with Gasteiger partial charge in [-0.2, -0.15) is 0 Å². The second-order valence-electron chi connectivity index (χ2n) is 6.14. The number of nitrogens with one attached hydrogen (secondary N) is 3. The molecule has 128 valence electrons. The molecule has 0 aliphatic carbocycles. The number of hydrogen-bond donors (Lipinski definition) is 4. The SMILES string of the molecule is CC(C)[C@@H](NC(=O)c1ccc(C2(C)NC(=O)NC2=O)cc1)C(=O)O. The van der Waals surface area contributed by atoms with E-state index in [4.69, 9.17) is 5.11 Å². The summed E-state index contributed by atoms with van der Waals surface area (Å²) in [7, 11) is 0. The first-order valence-corrected chi connectivity index (χ1v) is 7.43. The van der Waals surface area contributed by atoms with Crippen molar-refractivity contribution < 1.29 is 24.3 Å². The van der Waals surface area contributed by atoms with Crippen molar-refractivity contribution in [1.82, 2.24) is 16.0 Å². The summed E-state index contributed by atoms with van der Waals surface area (Å²) in [4.78, 5) is 46.5. The van der Waals surface area contributed by atoms with Gasteiger partial charge in [0.25, 0.3) is 11.8 Å². The van der Waals surface area contributed by atoms with Crippen LogP contribution in [0.3, 0.4) is 0 Å². The largest absolute Gasteiger partial charge is 0.480 e. The molecule has 1 aromatic carbocycles. The lowest BCUT2D eigenvalue weighted by Crippen LogP contribution is -2.44. The summed E-state index contributed by atoms with van der Waals surface area (Å²) < 4.78 is 0. The van der Waals surface area contributed by atoms with Crippen LogP contribution < -0.4 is 16.0 Å². The predicted octanol–water partition coefficient (Wildman–Crippen LogP) is 0.580. The second-order valence-corrected chi connectivity index (χ2v) is 6.14. The predicted molar refractivity (Wildman–Crippen MR) is 84.2 cm³/mol. The number of aliphatic carboxylic acids is 1. The summed E-state index contributed by atoms with van der Waals surface area (Å²) >= 11 is 0. The van der Waals surface area contributed by atoms with Gasteiger partial charge in [-0.1, -0.05) is 26.0 Å². The molecule has 1 aliphatic heterocycles. The van der Waals surface area contributed by atoms with Gasteiger partial charge in [-0.15, -0.1) is 0 Å². The Hall–Kier alpha value is -2.90. The summed E-state index contributed by atoms with van der Waals surface area (Å²) in [6.45, 7) is 4.95. The molecule has 4 amide bonds. The number of rotatable bonds is 5. The summed E-state index contributed by atoms with van der Waals surface area (Å²) in [6, 6.07) is 4.48. The van der Waals surface area contributed by atoms with Gasteiger partial charge in [0, 0.05) is 5.56 Å². The second kappa shape index (κ2) is 6.31. The van der Waals surface area contributed by atoms with Crippen LogP contribution >= 0.6 is 0 Å². The molecule has 0 aromatic heterocycles. The third kappa shape index (κ3) is 3.22. The van der Waals surface area contributed by atoms with Gasteiger partial charge in [0.1, 0.15) is 11.6 Å². The molecule has 1 fully saturated rings. The van der Waals surface area contributed by atoms with Gasteiger partial charge in [0.2, 0.25) is 0 Å². The summed E-state index contributed by atoms with van der Waals surface area (Å²) in [5.74, 6) is -2.36. The van der Waals surface area contributed by atoms with Gasteiger partial charge >= 0.3 is 12.0 Å². The highest BCUT2D eigenvalue weighted by Crippen LogP contribution is 2.24. The molecule has 0 radical (unpaired) electrons. The van der Waals surface area contributed by atoms with E-state index in [-0.39, 0.29) is 11.5 Å². The maximum atomic E-state index is 12.2. The molecule has 4 N–H and O–H groups in total. The first-order valence-electron chi connectivity index (χ1n) is 7.43. The molecule has 2 atom stereocenters. The monoisotopic (exact) mass is 333 g/mol. The standard InChI is InChI=1S/C16H19N3O5/c1-8(2)11(13(21)22)17-12(20)9-4-6-10(7-5-9)16(3)14(23)18-15(24)19-16/h4-8,11H,1-3H3,(H,17,20)(H,21,22)(H2,18,19,23,24)/t11-,16?/m1/s1. The van der Waals surface area contributed by atoms with Crippen molar-refractivity contribution >= 4 is 23.8 Å². The highest BCUT2D eigenvalue weighted by molar-refractivity contribution is 6.07. The molecule has 8 nitrogen and oxygen atoms in total. The number of carboxylic acids is 1. The molecule has 1 aliphatic rings. The van der Waals surface area contributed by atoms with Gasteiger partial charge in [-0.3, -0.25) is 14.9 Å². The smallest absolute Gasteiger partial charge is 0.326 e. The Labute approximate surface area is 138 Å². The van der Waals surface area contributed by atoms with Crippen LogP contribution in [0.4, 0.5) is 4.79 Å². The van der Waals surface area contributed by atoms with Crippen LogP contribution in [0.5, 0.6) is 0 Å². The van der Waals surface area contributed by atoms with E-state index in [0.717, 1.165) is 0 Å². The number of imide groups is 1. The lowest BCUT2D eigenvalue weighted by molar-refractivity contribution is -0.140. The van der Waals surface area contributed by atoms with E-state index in [0.29, 0.717) is 5.56 Å². The average molecular weight is 333 g/mol. The Kier molecular flexibility index (Phi) is 4.59. The number of carbonyl (C=O) groups is 4. The van der Waals surface area contributed by atoms with Gasteiger partial charge in [0.15, 0.2) is 0 Å². The Morgan fingerprint density at radius 2 is 1.75 bits per heavy atom. The minimum absolute atomic E-state index is 0.262. The summed E-state index contributed by atoms with van der Waals surface area (Å²) in [5, 5.41) is 16.3. The van der Waals surface area contributed by atoms with E-state index < -0.39 is 35.4 Å². The molecular formula is C16H19N3O5. The fraction of sp³-hybridized carbons (Fsp3) is 0.375. The van der Waals surface area contributed by atoms with Crippen LogP contribution in [0.2, 0.25) is 0 Å². The number of urea groups is 1. The zero-order chi connectivity index (χ0) is 18.1. The lowest BCUT2D eigenvalue weighted by Gasteiger charge is -2.21. The molecule has 1 heterocycles. The van der Waals surface area contributed by atoms with Crippen LogP contribution in [0.1, 0.15) is 36.7 Å². The molecule has 8 heteroatoms. The van der Waals surface area contributed by atoms with Crippen molar-refractivity contribution in [2.75, 3.05) is 0 Å². The number of hydrogen-bond acceptors (Lipinski definition) is 4. The maximum Gasteiger partial charge on any atom is 0.326 e. The molecular weight excluding hydrogens is 314 g/mol. The topological polar surface area (TPSA) is 125 Å². The molecule has 0 spiro atoms. The average Bonchev–Trinajstić information content (AvgIpc) is 2.77. The molecule has 0 saturated carbocycles. The highest BCUT2D eigenvalue weighted by Gasteiger charge is 2.43. The van der Waals surface area contributed by atoms with Crippen molar-refractivity contribution in [3.05, 3.63) is 35.4 Å². The van der Waals surface area contributed by atoms with Gasteiger partial charge in [0.05, 0.1) is 0 Å². The quantitative estimate of drug-likeness (QED) is 0.587. The van der Waals surface area contributed by atoms with Gasteiger partial charge < -0.3 is 15.7 Å². The Bertz CT molecular complexity index is 698. The third-order valence-corrected chi connectivity index (χ3v) is 3.99. The van der Waals surface area contributed by atoms with Crippen LogP contribution in [0.25, 0.3) is 0 Å². The molecule has 2 rings (SSSR count). The fourth-order valence-corrected chi connectivity index (χ4v) is 2.44. The van der Waals surface area contributed by atoms with Crippen molar-refractivity contribution in [3.8, 4) is 0 Å². The minimum atomic E-state index is -1.20. The van der Waals surface area contributed by atoms with E-state index >= 15 is 0 Å². The zero-order valence-electron chi connectivity index (χ0n) is 13.5. The molecule has 0 bridgehead atoms. The van der Waals surface area contributed by atoms with Crippen molar-refractivity contribution in [3.63, 3.8) is 0 Å². The highest BCUT2D eigenvalue weighted by atomic mass is 16.4. The van der Waals surface area contributed by atoms with Gasteiger partial charge in [-0.05, 0) is 30.5 Å². The number of benzene rings is 1. The first-order chi connectivity index (χ1) is 11.1. The van der Waals surface area contributed by atoms with Crippen molar-refractivity contribution in [2.24, 2.45) is 5.92 Å². The van der Waals surface area contributed by atoms with E-state index in [1.54, 1.807) is 32.9 Å². The Balaban J connectivity index is 2.17. The van der Waals surface area contributed by atoms with E-state index in [2.05, 4.69) is 16.0 Å². The molecule has 1 saturated heterocycles. The summed E-state index contributed by atoms with van der Waals surface area (Å²) in [5.41, 5.74) is -0.423. The number of carbonyl (C=O) groups excluding carboxylic acids is 3. The summed E-state index contributed by atoms with van der Waals surface area (Å²) in [6.07, 6.45) is 0. The van der Waals surface area contributed by atoms with Crippen LogP contribution in [0, 0.1) is 5.92 Å². The Morgan fingerprint density at radius 1 is 1.17 bits per heavy atom. The van der Waals surface area contributed by atoms with Crippen LogP contribution in [-0.4, -0.2) is 35.0 Å². The lowest BCUT2D eigenvalue weighted by atomic mass is 9.91. The van der Waals surface area contributed by atoms with Crippen LogP contribution in [0.15, 0.2) is 24.3 Å². The van der Waals surface area contributed by atoms with E-state index in [9.17, 15) is 19.2 Å². The zero-order valence-corrected chi connectivity index (χ0v) is 13.5. The maximum absolute atomic E-state index is 12.2. The Morgan fingerprint density at radius 3 is 2.17 bits per heavy atom. The van der Waals surface area contributed by atoms with Crippen molar-refractivity contribution in [2.45, 2.75) is 32.4 Å². The molecule has 1 unspecified atom stereocenters. The first kappa shape index (κ1) is 17.5. The number of carboxylic acid groups (broad SMARTS) is 1. The fourth-order valence-electron chi connectivity index (χ4n) is 2.44. The number of amides is 4. The van der Waals surface area contributed by atoms with E-state index in [1.165, 1.54) is 12.1 Å². The molecule has 24 heavy (non-hydrogen) atoms. The third-order valence-electron chi connectivity index (χ3n) is 3.99. The van der Waals surface area contributed by atoms with E-state index in [1.807, 2.05) is 0 Å². The van der Waals surface area contributed by atoms with Crippen LogP contribution in [-0.2, 0) is 15.1 Å². The van der Waals surface area contributed by atoms with Gasteiger partial charge in [-0.25, -0.2) is 9.59 Å². The van der Waals surface area contributed by atoms with Crippen molar-refractivity contribution in [1.29, 1.82) is 0 Å². The molecule has 1 aromatic rings. The normalized spacial score (nSPS) is 21.2. The minimum Gasteiger partial charge on any atom is -0.480 e.